The van der Waals surface area contributed by atoms with Crippen molar-refractivity contribution in [2.24, 2.45) is 11.7 Å². The van der Waals surface area contributed by atoms with Crippen LogP contribution in [-0.2, 0) is 5.41 Å². The van der Waals surface area contributed by atoms with E-state index >= 15 is 0 Å². The van der Waals surface area contributed by atoms with Crippen LogP contribution in [0.25, 0.3) is 0 Å². The van der Waals surface area contributed by atoms with Crippen molar-refractivity contribution >= 4 is 11.3 Å². The lowest BCUT2D eigenvalue weighted by Crippen LogP contribution is -2.24. The van der Waals surface area contributed by atoms with Crippen LogP contribution >= 0.6 is 11.3 Å². The molecule has 1 aliphatic rings. The molecule has 0 radical (unpaired) electrons. The van der Waals surface area contributed by atoms with Crippen molar-refractivity contribution in [3.05, 3.63) is 10.0 Å². The summed E-state index contributed by atoms with van der Waals surface area (Å²) in [5.41, 5.74) is 6.18. The Morgan fingerprint density at radius 1 is 1.24 bits per heavy atom. The average Bonchev–Trinajstić information content (AvgIpc) is 2.83. The molecule has 0 aromatic carbocycles. The molecule has 2 N–H and O–H groups in total. The first-order chi connectivity index (χ1) is 8.03. The van der Waals surface area contributed by atoms with E-state index in [2.05, 4.69) is 24.0 Å². The second-order valence-electron chi connectivity index (χ2n) is 5.82. The standard InChI is InChI=1S/C13H23N3S/c1-9(2)8-13(6-4-5-7-13)12-16-15-11(17-12)10(3)14/h9-10H,4-8,14H2,1-3H3. The SMILES string of the molecule is CC(C)CC1(c2nnc(C(C)N)s2)CCCC1. The molecule has 1 aliphatic carbocycles. The number of aromatic nitrogens is 2. The van der Waals surface area contributed by atoms with Gasteiger partial charge in [-0.3, -0.25) is 0 Å². The summed E-state index contributed by atoms with van der Waals surface area (Å²) in [4.78, 5) is 0. The smallest absolute Gasteiger partial charge is 0.133 e. The number of hydrogen-bond acceptors (Lipinski definition) is 4. The molecule has 4 heteroatoms. The summed E-state index contributed by atoms with van der Waals surface area (Å²) in [6.07, 6.45) is 6.46. The minimum absolute atomic E-state index is 0.0127. The van der Waals surface area contributed by atoms with Crippen LogP contribution in [0.4, 0.5) is 0 Å². The highest BCUT2D eigenvalue weighted by molar-refractivity contribution is 7.11. The molecule has 1 heterocycles. The quantitative estimate of drug-likeness (QED) is 0.894. The fraction of sp³-hybridized carbons (Fsp3) is 0.846. The van der Waals surface area contributed by atoms with Gasteiger partial charge < -0.3 is 5.73 Å². The van der Waals surface area contributed by atoms with Crippen molar-refractivity contribution in [2.75, 3.05) is 0 Å². The largest absolute Gasteiger partial charge is 0.322 e. The van der Waals surface area contributed by atoms with Crippen molar-refractivity contribution in [1.29, 1.82) is 0 Å². The maximum absolute atomic E-state index is 5.88. The third-order valence-electron chi connectivity index (χ3n) is 3.64. The van der Waals surface area contributed by atoms with Crippen LogP contribution in [0, 0.1) is 5.92 Å². The molecule has 3 nitrogen and oxygen atoms in total. The fourth-order valence-electron chi connectivity index (χ4n) is 2.97. The molecule has 0 amide bonds. The van der Waals surface area contributed by atoms with E-state index in [-0.39, 0.29) is 6.04 Å². The monoisotopic (exact) mass is 253 g/mol. The van der Waals surface area contributed by atoms with Gasteiger partial charge in [-0.15, -0.1) is 10.2 Å². The topological polar surface area (TPSA) is 51.8 Å². The predicted octanol–water partition coefficient (Wildman–Crippen LogP) is 3.42. The highest BCUT2D eigenvalue weighted by atomic mass is 32.1. The van der Waals surface area contributed by atoms with Gasteiger partial charge in [0.15, 0.2) is 0 Å². The van der Waals surface area contributed by atoms with Gasteiger partial charge >= 0.3 is 0 Å². The van der Waals surface area contributed by atoms with Crippen LogP contribution in [0.3, 0.4) is 0 Å². The summed E-state index contributed by atoms with van der Waals surface area (Å²) < 4.78 is 0. The van der Waals surface area contributed by atoms with Gasteiger partial charge in [0.25, 0.3) is 0 Å². The maximum atomic E-state index is 5.88. The normalized spacial score (nSPS) is 21.0. The van der Waals surface area contributed by atoms with Gasteiger partial charge in [-0.05, 0) is 32.1 Å². The summed E-state index contributed by atoms with van der Waals surface area (Å²) in [5.74, 6) is 0.718. The molecule has 0 bridgehead atoms. The first kappa shape index (κ1) is 13.0. The molecule has 96 valence electrons. The van der Waals surface area contributed by atoms with Crippen LogP contribution in [0.1, 0.15) is 68.9 Å². The zero-order valence-electron chi connectivity index (χ0n) is 11.1. The average molecular weight is 253 g/mol. The van der Waals surface area contributed by atoms with Crippen molar-refractivity contribution in [3.8, 4) is 0 Å². The minimum Gasteiger partial charge on any atom is -0.322 e. The lowest BCUT2D eigenvalue weighted by atomic mass is 9.79. The van der Waals surface area contributed by atoms with E-state index in [4.69, 9.17) is 5.73 Å². The Morgan fingerprint density at radius 2 is 1.88 bits per heavy atom. The Labute approximate surface area is 108 Å². The summed E-state index contributed by atoms with van der Waals surface area (Å²) in [5, 5.41) is 10.9. The van der Waals surface area contributed by atoms with Crippen LogP contribution in [-0.4, -0.2) is 10.2 Å². The summed E-state index contributed by atoms with van der Waals surface area (Å²) in [7, 11) is 0. The molecule has 1 fully saturated rings. The van der Waals surface area contributed by atoms with Crippen LogP contribution < -0.4 is 5.73 Å². The Kier molecular flexibility index (Phi) is 3.83. The van der Waals surface area contributed by atoms with Crippen LogP contribution in [0.15, 0.2) is 0 Å². The van der Waals surface area contributed by atoms with Crippen molar-refractivity contribution in [2.45, 2.75) is 64.3 Å². The van der Waals surface area contributed by atoms with Crippen molar-refractivity contribution < 1.29 is 0 Å². The Hall–Kier alpha value is -0.480. The molecule has 1 aromatic rings. The van der Waals surface area contributed by atoms with Crippen LogP contribution in [0.2, 0.25) is 0 Å². The molecule has 0 spiro atoms. The van der Waals surface area contributed by atoms with Crippen molar-refractivity contribution in [1.82, 2.24) is 10.2 Å². The third-order valence-corrected chi connectivity index (χ3v) is 5.01. The van der Waals surface area contributed by atoms with Crippen molar-refractivity contribution in [3.63, 3.8) is 0 Å². The van der Waals surface area contributed by atoms with E-state index in [9.17, 15) is 0 Å². The second kappa shape index (κ2) is 5.02. The van der Waals surface area contributed by atoms with Gasteiger partial charge in [0.2, 0.25) is 0 Å². The molecular formula is C13H23N3S. The molecule has 1 unspecified atom stereocenters. The van der Waals surface area contributed by atoms with Gasteiger partial charge in [0, 0.05) is 5.41 Å². The maximum Gasteiger partial charge on any atom is 0.133 e. The van der Waals surface area contributed by atoms with E-state index in [1.165, 1.54) is 37.1 Å². The fourth-order valence-corrected chi connectivity index (χ4v) is 4.02. The van der Waals surface area contributed by atoms with E-state index in [1.54, 1.807) is 11.3 Å². The Bertz CT molecular complexity index is 364. The summed E-state index contributed by atoms with van der Waals surface area (Å²) in [6, 6.07) is 0.0127. The van der Waals surface area contributed by atoms with E-state index in [0.29, 0.717) is 5.41 Å². The van der Waals surface area contributed by atoms with E-state index in [0.717, 1.165) is 10.9 Å². The highest BCUT2D eigenvalue weighted by Gasteiger charge is 2.39. The molecule has 0 aliphatic heterocycles. The third kappa shape index (κ3) is 2.68. The summed E-state index contributed by atoms with van der Waals surface area (Å²) in [6.45, 7) is 6.58. The molecule has 0 saturated heterocycles. The van der Waals surface area contributed by atoms with Gasteiger partial charge in [-0.1, -0.05) is 38.0 Å². The van der Waals surface area contributed by atoms with Crippen LogP contribution in [0.5, 0.6) is 0 Å². The predicted molar refractivity (Wildman–Crippen MR) is 72.1 cm³/mol. The number of nitrogens with two attached hydrogens (primary N) is 1. The molecule has 17 heavy (non-hydrogen) atoms. The lowest BCUT2D eigenvalue weighted by molar-refractivity contribution is 0.343. The van der Waals surface area contributed by atoms with E-state index < -0.39 is 0 Å². The molecular weight excluding hydrogens is 230 g/mol. The molecule has 1 aromatic heterocycles. The first-order valence-electron chi connectivity index (χ1n) is 6.63. The Morgan fingerprint density at radius 3 is 2.35 bits per heavy atom. The first-order valence-corrected chi connectivity index (χ1v) is 7.44. The number of nitrogens with zero attached hydrogens (tertiary/aromatic N) is 2. The highest BCUT2D eigenvalue weighted by Crippen LogP contribution is 2.46. The zero-order chi connectivity index (χ0) is 12.5. The van der Waals surface area contributed by atoms with E-state index in [1.807, 2.05) is 6.92 Å². The summed E-state index contributed by atoms with van der Waals surface area (Å²) >= 11 is 1.73. The minimum atomic E-state index is 0.0127. The van der Waals surface area contributed by atoms with Gasteiger partial charge in [0.1, 0.15) is 10.0 Å². The van der Waals surface area contributed by atoms with Gasteiger partial charge in [-0.25, -0.2) is 0 Å². The molecule has 2 rings (SSSR count). The zero-order valence-corrected chi connectivity index (χ0v) is 11.9. The number of rotatable bonds is 4. The van der Waals surface area contributed by atoms with Gasteiger partial charge in [0.05, 0.1) is 6.04 Å². The molecule has 1 saturated carbocycles. The molecule has 1 atom stereocenters. The number of hydrogen-bond donors (Lipinski definition) is 1. The lowest BCUT2D eigenvalue weighted by Gasteiger charge is -2.28. The van der Waals surface area contributed by atoms with Gasteiger partial charge in [-0.2, -0.15) is 0 Å². The Balaban J connectivity index is 2.25. The second-order valence-corrected chi connectivity index (χ2v) is 6.83.